The molecular formula is C18H16N6O. The van der Waals surface area contributed by atoms with Gasteiger partial charge in [-0.1, -0.05) is 43.0 Å². The summed E-state index contributed by atoms with van der Waals surface area (Å²) in [7, 11) is 0. The van der Waals surface area contributed by atoms with Crippen LogP contribution in [0, 0.1) is 5.92 Å². The molecular weight excluding hydrogens is 316 g/mol. The molecule has 0 fully saturated rings. The van der Waals surface area contributed by atoms with Gasteiger partial charge in [0.05, 0.1) is 6.04 Å². The lowest BCUT2D eigenvalue weighted by atomic mass is 9.88. The molecule has 0 aliphatic carbocycles. The fourth-order valence-corrected chi connectivity index (χ4v) is 3.02. The average Bonchev–Trinajstić information content (AvgIpc) is 3.10. The highest BCUT2D eigenvalue weighted by Crippen LogP contribution is 2.37. The number of benzene rings is 1. The maximum absolute atomic E-state index is 13.0. The summed E-state index contributed by atoms with van der Waals surface area (Å²) in [6, 6.07) is 14.8. The van der Waals surface area contributed by atoms with Crippen LogP contribution in [0.1, 0.15) is 11.6 Å². The lowest BCUT2D eigenvalue weighted by molar-refractivity contribution is -0.119. The number of nitrogens with zero attached hydrogens (tertiary/aromatic N) is 4. The first-order chi connectivity index (χ1) is 12.2. The van der Waals surface area contributed by atoms with Crippen LogP contribution in [-0.4, -0.2) is 25.7 Å². The largest absolute Gasteiger partial charge is 0.328 e. The molecule has 0 bridgehead atoms. The maximum Gasteiger partial charge on any atom is 0.237 e. The van der Waals surface area contributed by atoms with Crippen molar-refractivity contribution in [1.29, 1.82) is 0 Å². The predicted molar refractivity (Wildman–Crippen MR) is 93.7 cm³/mol. The Bertz CT molecular complexity index is 906. The Labute approximate surface area is 144 Å². The summed E-state index contributed by atoms with van der Waals surface area (Å²) < 4.78 is 1.71. The molecule has 4 rings (SSSR count). The van der Waals surface area contributed by atoms with Gasteiger partial charge >= 0.3 is 0 Å². The van der Waals surface area contributed by atoms with E-state index in [-0.39, 0.29) is 11.9 Å². The third kappa shape index (κ3) is 2.76. The monoisotopic (exact) mass is 332 g/mol. The minimum absolute atomic E-state index is 0.203. The molecule has 2 unspecified atom stereocenters. The van der Waals surface area contributed by atoms with E-state index in [1.165, 1.54) is 6.33 Å². The molecule has 25 heavy (non-hydrogen) atoms. The van der Waals surface area contributed by atoms with Crippen molar-refractivity contribution in [3.05, 3.63) is 78.9 Å². The summed E-state index contributed by atoms with van der Waals surface area (Å²) in [6.07, 6.45) is 3.10. The van der Waals surface area contributed by atoms with Crippen LogP contribution in [0.3, 0.4) is 0 Å². The molecule has 1 amide bonds. The second kappa shape index (κ2) is 6.20. The van der Waals surface area contributed by atoms with Gasteiger partial charge in [0.15, 0.2) is 0 Å². The second-order valence-electron chi connectivity index (χ2n) is 5.72. The third-order valence-corrected chi connectivity index (χ3v) is 4.14. The van der Waals surface area contributed by atoms with Crippen LogP contribution in [0.2, 0.25) is 0 Å². The number of amides is 1. The van der Waals surface area contributed by atoms with Crippen LogP contribution in [0.5, 0.6) is 0 Å². The highest BCUT2D eigenvalue weighted by Gasteiger charge is 2.39. The minimum Gasteiger partial charge on any atom is -0.328 e. The van der Waals surface area contributed by atoms with Crippen molar-refractivity contribution in [1.82, 2.24) is 19.7 Å². The zero-order valence-corrected chi connectivity index (χ0v) is 13.3. The zero-order valence-electron chi connectivity index (χ0n) is 13.3. The van der Waals surface area contributed by atoms with Crippen LogP contribution in [0.25, 0.3) is 0 Å². The Balaban J connectivity index is 1.74. The lowest BCUT2D eigenvalue weighted by Gasteiger charge is -2.33. The molecule has 1 aromatic carbocycles. The van der Waals surface area contributed by atoms with Crippen LogP contribution >= 0.6 is 0 Å². The van der Waals surface area contributed by atoms with Gasteiger partial charge in [0.25, 0.3) is 0 Å². The van der Waals surface area contributed by atoms with Crippen LogP contribution in [0.4, 0.5) is 11.8 Å². The van der Waals surface area contributed by atoms with Gasteiger partial charge < -0.3 is 10.6 Å². The van der Waals surface area contributed by atoms with Crippen molar-refractivity contribution in [2.75, 3.05) is 10.6 Å². The first-order valence-electron chi connectivity index (χ1n) is 7.86. The van der Waals surface area contributed by atoms with E-state index < -0.39 is 5.92 Å². The number of anilines is 2. The standard InChI is InChI=1S/C18H16N6O/c1-12-15(17(25)23-14-9-5-6-10-19-14)16(13-7-3-2-4-8-13)24-18(22-12)20-11-21-24/h2-11,15-16H,1H2,(H,19,23,25)(H,20,21,22). The van der Waals surface area contributed by atoms with E-state index in [1.807, 2.05) is 36.4 Å². The van der Waals surface area contributed by atoms with Gasteiger partial charge in [0, 0.05) is 11.9 Å². The summed E-state index contributed by atoms with van der Waals surface area (Å²) in [5.74, 6) is 0.307. The van der Waals surface area contributed by atoms with E-state index >= 15 is 0 Å². The van der Waals surface area contributed by atoms with E-state index in [9.17, 15) is 4.79 Å². The number of pyridine rings is 1. The quantitative estimate of drug-likeness (QED) is 0.769. The number of carbonyl (C=O) groups is 1. The molecule has 2 N–H and O–H groups in total. The molecule has 3 heterocycles. The highest BCUT2D eigenvalue weighted by molar-refractivity contribution is 5.95. The first kappa shape index (κ1) is 15.1. The molecule has 0 radical (unpaired) electrons. The molecule has 1 aliphatic heterocycles. The van der Waals surface area contributed by atoms with Gasteiger partial charge in [-0.3, -0.25) is 4.79 Å². The Morgan fingerprint density at radius 3 is 2.68 bits per heavy atom. The van der Waals surface area contributed by atoms with Crippen molar-refractivity contribution in [2.24, 2.45) is 5.92 Å². The van der Waals surface area contributed by atoms with Crippen molar-refractivity contribution in [3.63, 3.8) is 0 Å². The topological polar surface area (TPSA) is 84.7 Å². The number of carbonyl (C=O) groups excluding carboxylic acids is 1. The Morgan fingerprint density at radius 2 is 1.92 bits per heavy atom. The van der Waals surface area contributed by atoms with Crippen molar-refractivity contribution in [2.45, 2.75) is 6.04 Å². The van der Waals surface area contributed by atoms with Crippen LogP contribution in [0.15, 0.2) is 73.3 Å². The van der Waals surface area contributed by atoms with E-state index in [0.29, 0.717) is 17.5 Å². The van der Waals surface area contributed by atoms with Gasteiger partial charge in [-0.2, -0.15) is 10.1 Å². The normalized spacial score (nSPS) is 19.0. The zero-order chi connectivity index (χ0) is 17.2. The van der Waals surface area contributed by atoms with Crippen molar-refractivity contribution in [3.8, 4) is 0 Å². The molecule has 124 valence electrons. The first-order valence-corrected chi connectivity index (χ1v) is 7.86. The Kier molecular flexibility index (Phi) is 3.74. The molecule has 7 heteroatoms. The average molecular weight is 332 g/mol. The maximum atomic E-state index is 13.0. The highest BCUT2D eigenvalue weighted by atomic mass is 16.2. The summed E-state index contributed by atoms with van der Waals surface area (Å²) >= 11 is 0. The molecule has 3 aromatic rings. The SMILES string of the molecule is C=C1Nc2ncnn2C(c2ccccc2)C1C(=O)Nc1ccccn1. The van der Waals surface area contributed by atoms with Crippen LogP contribution < -0.4 is 10.6 Å². The number of hydrogen-bond acceptors (Lipinski definition) is 5. The molecule has 0 saturated heterocycles. The molecule has 7 nitrogen and oxygen atoms in total. The van der Waals surface area contributed by atoms with Gasteiger partial charge in [-0.25, -0.2) is 9.67 Å². The van der Waals surface area contributed by atoms with E-state index in [4.69, 9.17) is 0 Å². The number of hydrogen-bond donors (Lipinski definition) is 2. The predicted octanol–water partition coefficient (Wildman–Crippen LogP) is 2.46. The number of nitrogens with one attached hydrogen (secondary N) is 2. The molecule has 0 spiro atoms. The molecule has 2 atom stereocenters. The lowest BCUT2D eigenvalue weighted by Crippen LogP contribution is -2.39. The number of fused-ring (bicyclic) bond motifs is 1. The van der Waals surface area contributed by atoms with Gasteiger partial charge in [0.1, 0.15) is 18.1 Å². The summed E-state index contributed by atoms with van der Waals surface area (Å²) in [6.45, 7) is 4.04. The summed E-state index contributed by atoms with van der Waals surface area (Å²) in [5, 5.41) is 10.2. The van der Waals surface area contributed by atoms with Gasteiger partial charge in [-0.05, 0) is 17.7 Å². The fourth-order valence-electron chi connectivity index (χ4n) is 3.02. The summed E-state index contributed by atoms with van der Waals surface area (Å²) in [5.41, 5.74) is 1.53. The number of aromatic nitrogens is 4. The fraction of sp³-hybridized carbons (Fsp3) is 0.111. The smallest absolute Gasteiger partial charge is 0.237 e. The Morgan fingerprint density at radius 1 is 1.12 bits per heavy atom. The molecule has 2 aromatic heterocycles. The van der Waals surface area contributed by atoms with Crippen molar-refractivity contribution < 1.29 is 4.79 Å². The van der Waals surface area contributed by atoms with Crippen molar-refractivity contribution >= 4 is 17.7 Å². The van der Waals surface area contributed by atoms with Gasteiger partial charge in [-0.15, -0.1) is 0 Å². The number of rotatable bonds is 3. The van der Waals surface area contributed by atoms with E-state index in [1.54, 1.807) is 23.0 Å². The molecule has 0 saturated carbocycles. The van der Waals surface area contributed by atoms with Crippen LogP contribution in [-0.2, 0) is 4.79 Å². The van der Waals surface area contributed by atoms with E-state index in [0.717, 1.165) is 5.56 Å². The molecule has 1 aliphatic rings. The third-order valence-electron chi connectivity index (χ3n) is 4.14. The van der Waals surface area contributed by atoms with Gasteiger partial charge in [0.2, 0.25) is 11.9 Å². The summed E-state index contributed by atoms with van der Waals surface area (Å²) in [4.78, 5) is 21.3. The van der Waals surface area contributed by atoms with E-state index in [2.05, 4.69) is 32.3 Å². The Hall–Kier alpha value is -3.48. The minimum atomic E-state index is -0.557. The second-order valence-corrected chi connectivity index (χ2v) is 5.72.